The van der Waals surface area contributed by atoms with Gasteiger partial charge in [0.1, 0.15) is 23.1 Å². The molecule has 0 N–H and O–H groups in total. The van der Waals surface area contributed by atoms with E-state index in [1.54, 1.807) is 51.9 Å². The minimum absolute atomic E-state index is 0.0276. The summed E-state index contributed by atoms with van der Waals surface area (Å²) in [5.74, 6) is -0.424. The molecule has 0 radical (unpaired) electrons. The number of hydrogen-bond acceptors (Lipinski definition) is 6. The van der Waals surface area contributed by atoms with Gasteiger partial charge in [0.15, 0.2) is 7.98 Å². The minimum Gasteiger partial charge on any atom is -0.425 e. The molecular formula is C25H29BFIN2O5S. The Hall–Kier alpha value is -2.25. The van der Waals surface area contributed by atoms with Crippen molar-refractivity contribution in [3.63, 3.8) is 0 Å². The van der Waals surface area contributed by atoms with Crippen LogP contribution in [0.3, 0.4) is 0 Å². The topological polar surface area (TPSA) is 84.0 Å². The first-order valence-electron chi connectivity index (χ1n) is 11.5. The predicted octanol–water partition coefficient (Wildman–Crippen LogP) is 3.45. The van der Waals surface area contributed by atoms with Gasteiger partial charge in [0.05, 0.1) is 18.8 Å². The predicted molar refractivity (Wildman–Crippen MR) is 149 cm³/mol. The molecule has 0 saturated heterocycles. The Labute approximate surface area is 226 Å². The average Bonchev–Trinajstić information content (AvgIpc) is 2.79. The number of aldehydes is 1. The molecule has 0 saturated carbocycles. The summed E-state index contributed by atoms with van der Waals surface area (Å²) in [5, 5.41) is -0.974. The molecule has 0 fully saturated rings. The lowest BCUT2D eigenvalue weighted by molar-refractivity contribution is -0.134. The van der Waals surface area contributed by atoms with Crippen molar-refractivity contribution in [3.05, 3.63) is 68.1 Å². The van der Waals surface area contributed by atoms with Crippen molar-refractivity contribution in [2.24, 2.45) is 0 Å². The molecule has 0 amide bonds. The minimum atomic E-state index is -4.02. The first-order chi connectivity index (χ1) is 16.9. The van der Waals surface area contributed by atoms with Crippen molar-refractivity contribution < 1.29 is 27.1 Å². The van der Waals surface area contributed by atoms with Crippen LogP contribution in [0.5, 0.6) is 5.75 Å². The highest BCUT2D eigenvalue weighted by atomic mass is 127. The number of allylic oxidation sites excluding steroid dienone is 1. The second kappa shape index (κ2) is 11.9. The van der Waals surface area contributed by atoms with E-state index in [4.69, 9.17) is 4.74 Å². The first-order valence-corrected chi connectivity index (χ1v) is 14.1. The number of anilines is 1. The number of carbonyl (C=O) groups is 2. The zero-order chi connectivity index (χ0) is 26.6. The molecule has 0 aliphatic heterocycles. The Morgan fingerprint density at radius 1 is 1.25 bits per heavy atom. The van der Waals surface area contributed by atoms with Crippen LogP contribution in [0.25, 0.3) is 0 Å². The number of benzene rings is 2. The van der Waals surface area contributed by atoms with Crippen LogP contribution in [0, 0.1) is 23.2 Å². The number of ether oxygens (including phenoxy) is 1. The van der Waals surface area contributed by atoms with Gasteiger partial charge in [-0.25, -0.2) is 12.8 Å². The van der Waals surface area contributed by atoms with E-state index in [9.17, 15) is 22.4 Å². The third kappa shape index (κ3) is 6.54. The quantitative estimate of drug-likeness (QED) is 0.140. The fourth-order valence-corrected chi connectivity index (χ4v) is 7.29. The molecule has 0 heterocycles. The summed E-state index contributed by atoms with van der Waals surface area (Å²) >= 11 is 1.92. The second-order valence-electron chi connectivity index (χ2n) is 9.16. The van der Waals surface area contributed by atoms with E-state index < -0.39 is 27.1 Å². The molecule has 3 rings (SSSR count). The smallest absolute Gasteiger partial charge is 0.324 e. The summed E-state index contributed by atoms with van der Waals surface area (Å²) < 4.78 is 49.0. The van der Waals surface area contributed by atoms with E-state index in [1.165, 1.54) is 22.5 Å². The molecule has 2 aromatic carbocycles. The Kier molecular flexibility index (Phi) is 9.34. The number of sulfonamides is 1. The zero-order valence-corrected chi connectivity index (χ0v) is 23.7. The number of carbonyl (C=O) groups excluding carboxylic acids is 2. The number of esters is 1. The molecule has 1 unspecified atom stereocenters. The molecule has 1 atom stereocenters. The van der Waals surface area contributed by atoms with Crippen LogP contribution in [0.1, 0.15) is 36.0 Å². The van der Waals surface area contributed by atoms with Gasteiger partial charge < -0.3 is 9.55 Å². The second-order valence-corrected chi connectivity index (χ2v) is 12.4. The largest absolute Gasteiger partial charge is 0.425 e. The molecule has 11 heteroatoms. The van der Waals surface area contributed by atoms with E-state index in [0.717, 1.165) is 0 Å². The maximum absolute atomic E-state index is 13.9. The molecule has 0 aromatic heterocycles. The first kappa shape index (κ1) is 28.3. The summed E-state index contributed by atoms with van der Waals surface area (Å²) in [4.78, 5) is 25.6. The highest BCUT2D eigenvalue weighted by molar-refractivity contribution is 14.1. The molecule has 1 aliphatic rings. The molecule has 1 aliphatic carbocycles. The fraction of sp³-hybridized carbons (Fsp3) is 0.360. The molecule has 192 valence electrons. The van der Waals surface area contributed by atoms with Crippen LogP contribution in [0.15, 0.2) is 42.0 Å². The van der Waals surface area contributed by atoms with Crippen molar-refractivity contribution in [2.45, 2.75) is 44.9 Å². The number of aryl methyl sites for hydroxylation is 2. The number of likely N-dealkylation sites (N-methyl/N-ethyl adjacent to an activating group) is 1. The SMILES string of the molecule is BN(C)CC(=O)Oc1c(C)cc(CN(c2ccc(F)cc2I)S(=O)(=O)C2CCCC=C2C=O)cc1C. The summed E-state index contributed by atoms with van der Waals surface area (Å²) in [5.41, 5.74) is 2.64. The highest BCUT2D eigenvalue weighted by Crippen LogP contribution is 2.34. The van der Waals surface area contributed by atoms with Gasteiger partial charge >= 0.3 is 5.97 Å². The summed E-state index contributed by atoms with van der Waals surface area (Å²) in [6.45, 7) is 3.69. The van der Waals surface area contributed by atoms with Crippen molar-refractivity contribution in [1.29, 1.82) is 0 Å². The lowest BCUT2D eigenvalue weighted by Crippen LogP contribution is -2.41. The molecule has 7 nitrogen and oxygen atoms in total. The zero-order valence-electron chi connectivity index (χ0n) is 20.8. The average molecular weight is 626 g/mol. The molecule has 0 spiro atoms. The van der Waals surface area contributed by atoms with Gasteiger partial charge in [-0.2, -0.15) is 0 Å². The third-order valence-corrected chi connectivity index (χ3v) is 8.94. The summed E-state index contributed by atoms with van der Waals surface area (Å²) in [7, 11) is -0.482. The van der Waals surface area contributed by atoms with Crippen molar-refractivity contribution >= 4 is 58.5 Å². The Balaban J connectivity index is 2.04. The molecule has 2 aromatic rings. The van der Waals surface area contributed by atoms with Gasteiger partial charge in [-0.3, -0.25) is 13.9 Å². The van der Waals surface area contributed by atoms with Crippen LogP contribution in [0.4, 0.5) is 10.1 Å². The number of nitrogens with zero attached hydrogens (tertiary/aromatic N) is 2. The van der Waals surface area contributed by atoms with Crippen molar-refractivity contribution in [2.75, 3.05) is 17.9 Å². The van der Waals surface area contributed by atoms with Gasteiger partial charge in [0.25, 0.3) is 0 Å². The Morgan fingerprint density at radius 2 is 1.92 bits per heavy atom. The summed E-state index contributed by atoms with van der Waals surface area (Å²) in [6.07, 6.45) is 3.93. The molecule has 0 bridgehead atoms. The van der Waals surface area contributed by atoms with E-state index in [-0.39, 0.29) is 18.7 Å². The van der Waals surface area contributed by atoms with E-state index >= 15 is 0 Å². The number of halogens is 2. The molecular weight excluding hydrogens is 597 g/mol. The maximum atomic E-state index is 13.9. The highest BCUT2D eigenvalue weighted by Gasteiger charge is 2.37. The Morgan fingerprint density at radius 3 is 2.50 bits per heavy atom. The van der Waals surface area contributed by atoms with Gasteiger partial charge in [-0.1, -0.05) is 18.2 Å². The van der Waals surface area contributed by atoms with E-state index in [1.807, 2.05) is 22.6 Å². The van der Waals surface area contributed by atoms with Crippen LogP contribution in [0.2, 0.25) is 0 Å². The van der Waals surface area contributed by atoms with Gasteiger partial charge in [0, 0.05) is 9.14 Å². The fourth-order valence-electron chi connectivity index (χ4n) is 4.33. The third-order valence-electron chi connectivity index (χ3n) is 5.91. The Bertz CT molecular complexity index is 1280. The lowest BCUT2D eigenvalue weighted by atomic mass is 10.0. The lowest BCUT2D eigenvalue weighted by Gasteiger charge is -2.32. The van der Waals surface area contributed by atoms with Gasteiger partial charge in [-0.15, -0.1) is 0 Å². The normalized spacial score (nSPS) is 15.9. The monoisotopic (exact) mass is 626 g/mol. The van der Waals surface area contributed by atoms with Crippen molar-refractivity contribution in [3.8, 4) is 5.75 Å². The molecule has 36 heavy (non-hydrogen) atoms. The number of rotatable bonds is 9. The standard InChI is InChI=1S/C25H29BFIN2O5S/c1-16-10-18(11-17(2)25(16)35-24(32)14-29(3)26)13-30(22-9-8-20(27)12-21(22)28)36(33,34)23-7-5-4-6-19(23)15-31/h6,8-12,15,23H,4-5,7,13-14,26H2,1-3H3. The number of hydrogen-bond donors (Lipinski definition) is 0. The van der Waals surface area contributed by atoms with Gasteiger partial charge in [0.2, 0.25) is 10.0 Å². The van der Waals surface area contributed by atoms with E-state index in [0.29, 0.717) is 57.2 Å². The van der Waals surface area contributed by atoms with Crippen molar-refractivity contribution in [1.82, 2.24) is 4.81 Å². The van der Waals surface area contributed by atoms with Gasteiger partial charge in [-0.05, 0) is 97.6 Å². The van der Waals surface area contributed by atoms with Crippen LogP contribution >= 0.6 is 22.6 Å². The van der Waals surface area contributed by atoms with Crippen LogP contribution < -0.4 is 9.04 Å². The summed E-state index contributed by atoms with van der Waals surface area (Å²) in [6, 6.07) is 7.50. The van der Waals surface area contributed by atoms with Crippen LogP contribution in [-0.4, -0.2) is 52.3 Å². The maximum Gasteiger partial charge on any atom is 0.324 e. The van der Waals surface area contributed by atoms with E-state index in [2.05, 4.69) is 0 Å². The van der Waals surface area contributed by atoms with Crippen LogP contribution in [-0.2, 0) is 26.2 Å².